The fourth-order valence-electron chi connectivity index (χ4n) is 3.33. The zero-order valence-corrected chi connectivity index (χ0v) is 14.9. The Kier molecular flexibility index (Phi) is 5.49. The van der Waals surface area contributed by atoms with E-state index in [2.05, 4.69) is 11.8 Å². The summed E-state index contributed by atoms with van der Waals surface area (Å²) in [5.74, 6) is -0.0156. The molecule has 3 nitrogen and oxygen atoms in total. The highest BCUT2D eigenvalue weighted by atomic mass is 19.1. The molecule has 25 heavy (non-hydrogen) atoms. The molecule has 0 N–H and O–H groups in total. The number of hydrogen-bond donors (Lipinski definition) is 0. The third-order valence-corrected chi connectivity index (χ3v) is 5.02. The molecular weight excluding hydrogens is 315 g/mol. The van der Waals surface area contributed by atoms with E-state index in [0.717, 1.165) is 37.3 Å². The summed E-state index contributed by atoms with van der Waals surface area (Å²) in [6.45, 7) is 7.23. The molecule has 1 aliphatic heterocycles. The first-order chi connectivity index (χ1) is 12.0. The van der Waals surface area contributed by atoms with Crippen LogP contribution in [-0.2, 0) is 11.2 Å². The predicted molar refractivity (Wildman–Crippen MR) is 97.9 cm³/mol. The Morgan fingerprint density at radius 1 is 1.08 bits per heavy atom. The second-order valence-electron chi connectivity index (χ2n) is 6.81. The van der Waals surface area contributed by atoms with Gasteiger partial charge in [0.05, 0.1) is 6.42 Å². The van der Waals surface area contributed by atoms with Crippen molar-refractivity contribution in [3.05, 3.63) is 71.0 Å². The number of piperazine rings is 1. The molecule has 0 saturated carbocycles. The van der Waals surface area contributed by atoms with Crippen molar-refractivity contribution >= 4 is 5.91 Å². The molecule has 1 amide bonds. The number of carbonyl (C=O) groups excluding carboxylic acids is 1. The number of amides is 1. The van der Waals surface area contributed by atoms with Gasteiger partial charge in [0.2, 0.25) is 5.91 Å². The Bertz CT molecular complexity index is 721. The van der Waals surface area contributed by atoms with Crippen LogP contribution in [0.2, 0.25) is 0 Å². The predicted octanol–water partition coefficient (Wildman–Crippen LogP) is 3.58. The van der Waals surface area contributed by atoms with Gasteiger partial charge in [-0.3, -0.25) is 9.69 Å². The van der Waals surface area contributed by atoms with E-state index in [9.17, 15) is 9.18 Å². The van der Waals surface area contributed by atoms with Crippen molar-refractivity contribution in [1.29, 1.82) is 0 Å². The largest absolute Gasteiger partial charge is 0.340 e. The van der Waals surface area contributed by atoms with Crippen molar-refractivity contribution < 1.29 is 9.18 Å². The SMILES string of the molecule is Cc1ccc(CC(=O)N2CCN(C(C)c3cccc(F)c3)CC2)cc1. The lowest BCUT2D eigenvalue weighted by Crippen LogP contribution is -2.49. The fraction of sp³-hybridized carbons (Fsp3) is 0.381. The second kappa shape index (κ2) is 7.79. The molecule has 0 spiro atoms. The van der Waals surface area contributed by atoms with Gasteiger partial charge in [-0.1, -0.05) is 42.0 Å². The fourth-order valence-corrected chi connectivity index (χ4v) is 3.33. The first kappa shape index (κ1) is 17.6. The molecule has 3 rings (SSSR count). The Balaban J connectivity index is 1.54. The molecular formula is C21H25FN2O. The smallest absolute Gasteiger partial charge is 0.227 e. The van der Waals surface area contributed by atoms with E-state index in [1.54, 1.807) is 12.1 Å². The van der Waals surface area contributed by atoms with Gasteiger partial charge in [0.25, 0.3) is 0 Å². The molecule has 0 radical (unpaired) electrons. The Morgan fingerprint density at radius 3 is 2.40 bits per heavy atom. The molecule has 1 saturated heterocycles. The van der Waals surface area contributed by atoms with Crippen LogP contribution in [-0.4, -0.2) is 41.9 Å². The minimum absolute atomic E-state index is 0.157. The van der Waals surface area contributed by atoms with Crippen molar-refractivity contribution in [1.82, 2.24) is 9.80 Å². The molecule has 1 unspecified atom stereocenters. The second-order valence-corrected chi connectivity index (χ2v) is 6.81. The number of carbonyl (C=O) groups is 1. The van der Waals surface area contributed by atoms with Gasteiger partial charge < -0.3 is 4.90 Å². The van der Waals surface area contributed by atoms with Crippen LogP contribution in [0, 0.1) is 12.7 Å². The summed E-state index contributed by atoms with van der Waals surface area (Å²) in [5.41, 5.74) is 3.25. The molecule has 0 bridgehead atoms. The molecule has 1 atom stereocenters. The Morgan fingerprint density at radius 2 is 1.76 bits per heavy atom. The van der Waals surface area contributed by atoms with Gasteiger partial charge in [0, 0.05) is 32.2 Å². The van der Waals surface area contributed by atoms with Gasteiger partial charge in [-0.2, -0.15) is 0 Å². The number of aryl methyl sites for hydroxylation is 1. The summed E-state index contributed by atoms with van der Waals surface area (Å²) < 4.78 is 13.4. The van der Waals surface area contributed by atoms with Crippen molar-refractivity contribution in [2.75, 3.05) is 26.2 Å². The van der Waals surface area contributed by atoms with Gasteiger partial charge in [-0.05, 0) is 37.1 Å². The van der Waals surface area contributed by atoms with Crippen LogP contribution in [0.25, 0.3) is 0 Å². The minimum atomic E-state index is -0.198. The van der Waals surface area contributed by atoms with Crippen LogP contribution < -0.4 is 0 Å². The summed E-state index contributed by atoms with van der Waals surface area (Å²) in [5, 5.41) is 0. The van der Waals surface area contributed by atoms with Crippen molar-refractivity contribution in [3.8, 4) is 0 Å². The van der Waals surface area contributed by atoms with E-state index >= 15 is 0 Å². The summed E-state index contributed by atoms with van der Waals surface area (Å²) in [6, 6.07) is 15.1. The van der Waals surface area contributed by atoms with Gasteiger partial charge in [0.15, 0.2) is 0 Å². The number of halogens is 1. The van der Waals surface area contributed by atoms with Crippen LogP contribution in [0.5, 0.6) is 0 Å². The van der Waals surface area contributed by atoms with Crippen LogP contribution in [0.15, 0.2) is 48.5 Å². The normalized spacial score (nSPS) is 16.7. The maximum Gasteiger partial charge on any atom is 0.227 e. The van der Waals surface area contributed by atoms with E-state index in [1.807, 2.05) is 42.2 Å². The van der Waals surface area contributed by atoms with E-state index in [4.69, 9.17) is 0 Å². The number of rotatable bonds is 4. The maximum absolute atomic E-state index is 13.4. The lowest BCUT2D eigenvalue weighted by molar-refractivity contribution is -0.132. The van der Waals surface area contributed by atoms with Crippen molar-refractivity contribution in [2.24, 2.45) is 0 Å². The number of hydrogen-bond acceptors (Lipinski definition) is 2. The minimum Gasteiger partial charge on any atom is -0.340 e. The topological polar surface area (TPSA) is 23.6 Å². The molecule has 132 valence electrons. The average Bonchev–Trinajstić information content (AvgIpc) is 2.63. The zero-order valence-electron chi connectivity index (χ0n) is 14.9. The zero-order chi connectivity index (χ0) is 17.8. The van der Waals surface area contributed by atoms with Crippen molar-refractivity contribution in [3.63, 3.8) is 0 Å². The number of benzene rings is 2. The van der Waals surface area contributed by atoms with Crippen molar-refractivity contribution in [2.45, 2.75) is 26.3 Å². The lowest BCUT2D eigenvalue weighted by atomic mass is 10.1. The quantitative estimate of drug-likeness (QED) is 0.849. The Hall–Kier alpha value is -2.20. The molecule has 2 aromatic carbocycles. The standard InChI is InChI=1S/C21H25FN2O/c1-16-6-8-18(9-7-16)14-21(25)24-12-10-23(11-13-24)17(2)19-4-3-5-20(22)15-19/h3-9,15,17H,10-14H2,1-2H3. The highest BCUT2D eigenvalue weighted by Gasteiger charge is 2.24. The highest BCUT2D eigenvalue weighted by molar-refractivity contribution is 5.78. The first-order valence-corrected chi connectivity index (χ1v) is 8.86. The summed E-state index contributed by atoms with van der Waals surface area (Å²) in [6.07, 6.45) is 0.458. The monoisotopic (exact) mass is 340 g/mol. The van der Waals surface area contributed by atoms with E-state index in [1.165, 1.54) is 11.6 Å². The van der Waals surface area contributed by atoms with Crippen LogP contribution >= 0.6 is 0 Å². The molecule has 0 aliphatic carbocycles. The molecule has 1 fully saturated rings. The van der Waals surface area contributed by atoms with Gasteiger partial charge in [0.1, 0.15) is 5.82 Å². The molecule has 0 aromatic heterocycles. The molecule has 2 aromatic rings. The molecule has 1 heterocycles. The van der Waals surface area contributed by atoms with E-state index in [0.29, 0.717) is 6.42 Å². The molecule has 4 heteroatoms. The highest BCUT2D eigenvalue weighted by Crippen LogP contribution is 2.22. The average molecular weight is 340 g/mol. The first-order valence-electron chi connectivity index (χ1n) is 8.86. The van der Waals surface area contributed by atoms with Crippen LogP contribution in [0.1, 0.15) is 29.7 Å². The van der Waals surface area contributed by atoms with Gasteiger partial charge in [-0.25, -0.2) is 4.39 Å². The third kappa shape index (κ3) is 4.45. The van der Waals surface area contributed by atoms with Crippen LogP contribution in [0.3, 0.4) is 0 Å². The summed E-state index contributed by atoms with van der Waals surface area (Å²) in [4.78, 5) is 16.8. The van der Waals surface area contributed by atoms with E-state index < -0.39 is 0 Å². The van der Waals surface area contributed by atoms with Crippen LogP contribution in [0.4, 0.5) is 4.39 Å². The lowest BCUT2D eigenvalue weighted by Gasteiger charge is -2.38. The third-order valence-electron chi connectivity index (χ3n) is 5.02. The molecule has 1 aliphatic rings. The summed E-state index contributed by atoms with van der Waals surface area (Å²) in [7, 11) is 0. The maximum atomic E-state index is 13.4. The van der Waals surface area contributed by atoms with E-state index in [-0.39, 0.29) is 17.8 Å². The summed E-state index contributed by atoms with van der Waals surface area (Å²) >= 11 is 0. The van der Waals surface area contributed by atoms with Gasteiger partial charge in [-0.15, -0.1) is 0 Å². The van der Waals surface area contributed by atoms with Gasteiger partial charge >= 0.3 is 0 Å². The number of nitrogens with zero attached hydrogens (tertiary/aromatic N) is 2. The Labute approximate surface area is 149 Å².